The quantitative estimate of drug-likeness (QED) is 0.518. The molecule has 2 aromatic carbocycles. The van der Waals surface area contributed by atoms with Gasteiger partial charge in [0.05, 0.1) is 4.92 Å². The Morgan fingerprint density at radius 2 is 1.91 bits per heavy atom. The Morgan fingerprint density at radius 3 is 2.52 bits per heavy atom. The zero-order valence-corrected chi connectivity index (χ0v) is 13.1. The van der Waals surface area contributed by atoms with Crippen molar-refractivity contribution in [2.45, 2.75) is 4.90 Å². The molecule has 6 nitrogen and oxygen atoms in total. The number of carbonyl (C=O) groups excluding carboxylic acids is 1. The van der Waals surface area contributed by atoms with Crippen molar-refractivity contribution in [3.8, 4) is 0 Å². The first-order chi connectivity index (χ1) is 11.0. The summed E-state index contributed by atoms with van der Waals surface area (Å²) in [6.45, 7) is 0. The number of benzene rings is 2. The summed E-state index contributed by atoms with van der Waals surface area (Å²) in [5, 5.41) is 13.3. The number of hydrogen-bond donors (Lipinski definition) is 1. The van der Waals surface area contributed by atoms with E-state index in [9.17, 15) is 19.1 Å². The first kappa shape index (κ1) is 16.6. The number of rotatable bonds is 5. The summed E-state index contributed by atoms with van der Waals surface area (Å²) < 4.78 is 11.3. The molecule has 0 heterocycles. The van der Waals surface area contributed by atoms with Crippen LogP contribution in [-0.2, 0) is 15.6 Å². The Kier molecular flexibility index (Phi) is 5.37. The Bertz CT molecular complexity index is 785. The molecule has 0 aliphatic heterocycles. The highest BCUT2D eigenvalue weighted by Crippen LogP contribution is 2.15. The Hall–Kier alpha value is -2.80. The first-order valence-corrected chi connectivity index (χ1v) is 8.18. The molecule has 0 radical (unpaired) electrons. The number of anilines is 1. The maximum Gasteiger partial charge on any atom is 0.270 e. The number of non-ortho nitro benzene ring substituents is 1. The van der Waals surface area contributed by atoms with Crippen molar-refractivity contribution < 1.29 is 13.9 Å². The van der Waals surface area contributed by atoms with Crippen molar-refractivity contribution in [1.82, 2.24) is 0 Å². The van der Waals surface area contributed by atoms with Crippen molar-refractivity contribution in [3.63, 3.8) is 0 Å². The zero-order valence-electron chi connectivity index (χ0n) is 12.3. The van der Waals surface area contributed by atoms with E-state index in [1.807, 2.05) is 0 Å². The Labute approximate surface area is 135 Å². The van der Waals surface area contributed by atoms with Gasteiger partial charge in [0.15, 0.2) is 0 Å². The summed E-state index contributed by atoms with van der Waals surface area (Å²) in [6.07, 6.45) is 4.37. The van der Waals surface area contributed by atoms with Gasteiger partial charge in [-0.1, -0.05) is 12.1 Å². The average Bonchev–Trinajstić information content (AvgIpc) is 2.53. The summed E-state index contributed by atoms with van der Waals surface area (Å²) in [4.78, 5) is 22.7. The third kappa shape index (κ3) is 4.86. The van der Waals surface area contributed by atoms with Crippen molar-refractivity contribution in [2.75, 3.05) is 11.6 Å². The second kappa shape index (κ2) is 7.46. The number of nitrogens with one attached hydrogen (secondary N) is 1. The minimum Gasteiger partial charge on any atom is -0.323 e. The zero-order chi connectivity index (χ0) is 16.8. The van der Waals surface area contributed by atoms with E-state index in [4.69, 9.17) is 0 Å². The molecule has 23 heavy (non-hydrogen) atoms. The van der Waals surface area contributed by atoms with Crippen molar-refractivity contribution in [2.24, 2.45) is 0 Å². The molecule has 0 spiro atoms. The fourth-order valence-electron chi connectivity index (χ4n) is 1.83. The predicted octanol–water partition coefficient (Wildman–Crippen LogP) is 2.98. The highest BCUT2D eigenvalue weighted by molar-refractivity contribution is 7.84. The molecule has 0 aromatic heterocycles. The topological polar surface area (TPSA) is 89.3 Å². The fourth-order valence-corrected chi connectivity index (χ4v) is 2.35. The van der Waals surface area contributed by atoms with Gasteiger partial charge in [0, 0.05) is 45.8 Å². The lowest BCUT2D eigenvalue weighted by Crippen LogP contribution is -2.07. The number of carbonyl (C=O) groups is 1. The lowest BCUT2D eigenvalue weighted by Gasteiger charge is -2.03. The van der Waals surface area contributed by atoms with E-state index in [0.29, 0.717) is 16.1 Å². The molecule has 118 valence electrons. The molecule has 0 aliphatic rings. The van der Waals surface area contributed by atoms with Crippen LogP contribution in [0.5, 0.6) is 0 Å². The number of nitrogens with zero attached hydrogens (tertiary/aromatic N) is 1. The van der Waals surface area contributed by atoms with Crippen LogP contribution in [0.25, 0.3) is 6.08 Å². The van der Waals surface area contributed by atoms with Gasteiger partial charge >= 0.3 is 0 Å². The largest absolute Gasteiger partial charge is 0.323 e. The second-order valence-corrected chi connectivity index (χ2v) is 6.03. The standard InChI is InChI=1S/C16H14N2O4S/c1-23(22)15-8-6-13(7-9-15)17-16(19)10-5-12-3-2-4-14(11-12)18(20)21/h2-11H,1H3,(H,17,19)/b10-5-/t23-/m0/s1. The van der Waals surface area contributed by atoms with Crippen LogP contribution < -0.4 is 5.32 Å². The van der Waals surface area contributed by atoms with Crippen LogP contribution in [-0.4, -0.2) is 21.3 Å². The van der Waals surface area contributed by atoms with Crippen LogP contribution in [0.4, 0.5) is 11.4 Å². The molecule has 1 amide bonds. The van der Waals surface area contributed by atoms with Crippen LogP contribution in [0.1, 0.15) is 5.56 Å². The van der Waals surface area contributed by atoms with Crippen molar-refractivity contribution in [3.05, 3.63) is 70.3 Å². The summed E-state index contributed by atoms with van der Waals surface area (Å²) in [5.74, 6) is -0.359. The minimum atomic E-state index is -1.07. The molecule has 1 N–H and O–H groups in total. The van der Waals surface area contributed by atoms with Crippen molar-refractivity contribution in [1.29, 1.82) is 0 Å². The molecule has 1 atom stereocenters. The van der Waals surface area contributed by atoms with Gasteiger partial charge in [0.1, 0.15) is 0 Å². The van der Waals surface area contributed by atoms with E-state index in [-0.39, 0.29) is 11.6 Å². The van der Waals surface area contributed by atoms with Gasteiger partial charge in [0.2, 0.25) is 5.91 Å². The maximum atomic E-state index is 11.8. The molecular weight excluding hydrogens is 316 g/mol. The Balaban J connectivity index is 2.02. The molecule has 0 aliphatic carbocycles. The van der Waals surface area contributed by atoms with E-state index < -0.39 is 15.7 Å². The molecule has 2 aromatic rings. The van der Waals surface area contributed by atoms with Gasteiger partial charge in [-0.15, -0.1) is 0 Å². The molecule has 0 bridgehead atoms. The lowest BCUT2D eigenvalue weighted by atomic mass is 10.2. The highest BCUT2D eigenvalue weighted by atomic mass is 32.2. The minimum absolute atomic E-state index is 0.0317. The molecule has 0 fully saturated rings. The van der Waals surface area contributed by atoms with Crippen LogP contribution in [0, 0.1) is 10.1 Å². The maximum absolute atomic E-state index is 11.8. The number of nitro benzene ring substituents is 1. The van der Waals surface area contributed by atoms with Crippen LogP contribution >= 0.6 is 0 Å². The molecule has 2 rings (SSSR count). The summed E-state index contributed by atoms with van der Waals surface area (Å²) in [6, 6.07) is 12.7. The average molecular weight is 330 g/mol. The van der Waals surface area contributed by atoms with Crippen molar-refractivity contribution >= 4 is 34.2 Å². The van der Waals surface area contributed by atoms with Gasteiger partial charge < -0.3 is 5.32 Å². The van der Waals surface area contributed by atoms with E-state index in [1.54, 1.807) is 42.7 Å². The van der Waals surface area contributed by atoms with E-state index in [0.717, 1.165) is 0 Å². The normalized spacial score (nSPS) is 12.0. The molecular formula is C16H14N2O4S. The second-order valence-electron chi connectivity index (χ2n) is 4.65. The van der Waals surface area contributed by atoms with Gasteiger partial charge in [-0.05, 0) is 35.9 Å². The van der Waals surface area contributed by atoms with E-state index in [1.165, 1.54) is 24.3 Å². The third-order valence-electron chi connectivity index (χ3n) is 2.96. The van der Waals surface area contributed by atoms with Gasteiger partial charge in [0.25, 0.3) is 5.69 Å². The van der Waals surface area contributed by atoms with Gasteiger partial charge in [-0.2, -0.15) is 0 Å². The summed E-state index contributed by atoms with van der Waals surface area (Å²) in [7, 11) is -1.07. The first-order valence-electron chi connectivity index (χ1n) is 6.63. The highest BCUT2D eigenvalue weighted by Gasteiger charge is 2.04. The fraction of sp³-hybridized carbons (Fsp3) is 0.0625. The van der Waals surface area contributed by atoms with Crippen LogP contribution in [0.3, 0.4) is 0 Å². The Morgan fingerprint density at radius 1 is 1.22 bits per heavy atom. The van der Waals surface area contributed by atoms with Crippen LogP contribution in [0.15, 0.2) is 59.5 Å². The number of hydrogen-bond acceptors (Lipinski definition) is 4. The summed E-state index contributed by atoms with van der Waals surface area (Å²) in [5.41, 5.74) is 1.11. The smallest absolute Gasteiger partial charge is 0.270 e. The van der Waals surface area contributed by atoms with E-state index >= 15 is 0 Å². The SMILES string of the molecule is C[S@](=O)c1ccc(NC(=O)/C=C\c2cccc([N+](=O)[O-])c2)cc1. The molecule has 0 unspecified atom stereocenters. The van der Waals surface area contributed by atoms with Crippen LogP contribution in [0.2, 0.25) is 0 Å². The predicted molar refractivity (Wildman–Crippen MR) is 89.5 cm³/mol. The third-order valence-corrected chi connectivity index (χ3v) is 3.90. The van der Waals surface area contributed by atoms with Gasteiger partial charge in [-0.3, -0.25) is 19.1 Å². The monoisotopic (exact) mass is 330 g/mol. The van der Waals surface area contributed by atoms with Gasteiger partial charge in [-0.25, -0.2) is 0 Å². The lowest BCUT2D eigenvalue weighted by molar-refractivity contribution is -0.384. The van der Waals surface area contributed by atoms with E-state index in [2.05, 4.69) is 5.32 Å². The number of amides is 1. The molecule has 7 heteroatoms. The summed E-state index contributed by atoms with van der Waals surface area (Å²) >= 11 is 0. The molecule has 0 saturated carbocycles. The number of nitro groups is 1. The molecule has 0 saturated heterocycles.